The zero-order valence-corrected chi connectivity index (χ0v) is 12.7. The fourth-order valence-corrected chi connectivity index (χ4v) is 2.43. The van der Waals surface area contributed by atoms with Crippen molar-refractivity contribution in [2.45, 2.75) is 39.2 Å². The lowest BCUT2D eigenvalue weighted by Crippen LogP contribution is -2.18. The van der Waals surface area contributed by atoms with Crippen molar-refractivity contribution in [3.63, 3.8) is 0 Å². The fourth-order valence-electron chi connectivity index (χ4n) is 2.16. The molecular formula is C16H20ClN3. The Balaban J connectivity index is 1.95. The maximum Gasteiger partial charge on any atom is 0.137 e. The monoisotopic (exact) mass is 289 g/mol. The highest BCUT2D eigenvalue weighted by Gasteiger charge is 2.10. The summed E-state index contributed by atoms with van der Waals surface area (Å²) in [5.41, 5.74) is 2.35. The molecule has 0 bridgehead atoms. The van der Waals surface area contributed by atoms with Crippen LogP contribution in [-0.2, 0) is 12.8 Å². The summed E-state index contributed by atoms with van der Waals surface area (Å²) in [5, 5.41) is 3.98. The number of benzene rings is 1. The molecule has 1 N–H and O–H groups in total. The Morgan fingerprint density at radius 2 is 1.95 bits per heavy atom. The van der Waals surface area contributed by atoms with Crippen LogP contribution in [0.1, 0.15) is 31.4 Å². The van der Waals surface area contributed by atoms with Gasteiger partial charge in [-0.3, -0.25) is 0 Å². The first-order valence-electron chi connectivity index (χ1n) is 7.00. The molecule has 0 saturated heterocycles. The van der Waals surface area contributed by atoms with Crippen LogP contribution in [0, 0.1) is 0 Å². The third kappa shape index (κ3) is 3.94. The molecule has 1 unspecified atom stereocenters. The number of hydrogen-bond donors (Lipinski definition) is 1. The van der Waals surface area contributed by atoms with Gasteiger partial charge in [0, 0.05) is 11.6 Å². The maximum atomic E-state index is 6.09. The van der Waals surface area contributed by atoms with E-state index in [1.165, 1.54) is 11.9 Å². The van der Waals surface area contributed by atoms with Crippen LogP contribution in [0.2, 0.25) is 5.15 Å². The number of hydrogen-bond acceptors (Lipinski definition) is 3. The molecule has 4 heteroatoms. The van der Waals surface area contributed by atoms with E-state index >= 15 is 0 Å². The van der Waals surface area contributed by atoms with E-state index in [9.17, 15) is 0 Å². The van der Waals surface area contributed by atoms with E-state index in [4.69, 9.17) is 11.6 Å². The van der Waals surface area contributed by atoms with E-state index < -0.39 is 0 Å². The van der Waals surface area contributed by atoms with Crippen LogP contribution in [0.3, 0.4) is 0 Å². The zero-order valence-electron chi connectivity index (χ0n) is 11.9. The van der Waals surface area contributed by atoms with Crippen molar-refractivity contribution in [3.05, 3.63) is 52.9 Å². The minimum Gasteiger partial charge on any atom is -0.367 e. The highest BCUT2D eigenvalue weighted by Crippen LogP contribution is 2.21. The molecule has 0 aliphatic carbocycles. The van der Waals surface area contributed by atoms with Crippen LogP contribution >= 0.6 is 11.6 Å². The summed E-state index contributed by atoms with van der Waals surface area (Å²) in [6.45, 7) is 4.22. The molecule has 20 heavy (non-hydrogen) atoms. The lowest BCUT2D eigenvalue weighted by atomic mass is 10.1. The summed E-state index contributed by atoms with van der Waals surface area (Å²) in [5.74, 6) is 0.855. The summed E-state index contributed by atoms with van der Waals surface area (Å²) >= 11 is 6.09. The van der Waals surface area contributed by atoms with E-state index in [0.717, 1.165) is 30.6 Å². The van der Waals surface area contributed by atoms with E-state index in [2.05, 4.69) is 53.4 Å². The van der Waals surface area contributed by atoms with Crippen LogP contribution in [0.5, 0.6) is 0 Å². The molecule has 1 aromatic carbocycles. The SMILES string of the molecule is CCc1c(Cl)ncnc1NC(C)CCc1ccccc1. The average Bonchev–Trinajstić information content (AvgIpc) is 2.46. The minimum atomic E-state index is 0.339. The number of halogens is 1. The van der Waals surface area contributed by atoms with Gasteiger partial charge in [-0.15, -0.1) is 0 Å². The zero-order chi connectivity index (χ0) is 14.4. The Morgan fingerprint density at radius 1 is 1.20 bits per heavy atom. The average molecular weight is 290 g/mol. The van der Waals surface area contributed by atoms with Gasteiger partial charge in [0.15, 0.2) is 0 Å². The molecule has 0 spiro atoms. The Hall–Kier alpha value is -1.61. The van der Waals surface area contributed by atoms with Gasteiger partial charge in [-0.1, -0.05) is 48.9 Å². The number of nitrogens with zero attached hydrogens (tertiary/aromatic N) is 2. The van der Waals surface area contributed by atoms with Crippen molar-refractivity contribution in [3.8, 4) is 0 Å². The second kappa shape index (κ2) is 7.25. The molecule has 0 fully saturated rings. The normalized spacial score (nSPS) is 12.2. The summed E-state index contributed by atoms with van der Waals surface area (Å²) in [6.07, 6.45) is 4.44. The summed E-state index contributed by atoms with van der Waals surface area (Å²) in [6, 6.07) is 10.9. The Kier molecular flexibility index (Phi) is 5.36. The molecule has 0 saturated carbocycles. The van der Waals surface area contributed by atoms with E-state index in [-0.39, 0.29) is 0 Å². The first kappa shape index (κ1) is 14.8. The van der Waals surface area contributed by atoms with Crippen molar-refractivity contribution in [2.75, 3.05) is 5.32 Å². The van der Waals surface area contributed by atoms with Crippen LogP contribution < -0.4 is 5.32 Å². The summed E-state index contributed by atoms with van der Waals surface area (Å²) in [7, 11) is 0. The molecule has 0 aliphatic rings. The third-order valence-electron chi connectivity index (χ3n) is 3.34. The highest BCUT2D eigenvalue weighted by atomic mass is 35.5. The Bertz CT molecular complexity index is 543. The van der Waals surface area contributed by atoms with Gasteiger partial charge in [-0.05, 0) is 31.7 Å². The topological polar surface area (TPSA) is 37.8 Å². The maximum absolute atomic E-state index is 6.09. The largest absolute Gasteiger partial charge is 0.367 e. The molecule has 106 valence electrons. The molecular weight excluding hydrogens is 270 g/mol. The van der Waals surface area contributed by atoms with E-state index in [0.29, 0.717) is 11.2 Å². The van der Waals surface area contributed by atoms with Crippen molar-refractivity contribution in [1.82, 2.24) is 9.97 Å². The summed E-state index contributed by atoms with van der Waals surface area (Å²) in [4.78, 5) is 8.32. The molecule has 2 aromatic rings. The summed E-state index contributed by atoms with van der Waals surface area (Å²) < 4.78 is 0. The Labute approximate surface area is 125 Å². The minimum absolute atomic E-state index is 0.339. The van der Waals surface area contributed by atoms with Gasteiger partial charge in [0.2, 0.25) is 0 Å². The van der Waals surface area contributed by atoms with Crippen molar-refractivity contribution >= 4 is 17.4 Å². The van der Waals surface area contributed by atoms with Crippen molar-refractivity contribution < 1.29 is 0 Å². The first-order valence-corrected chi connectivity index (χ1v) is 7.38. The number of nitrogens with one attached hydrogen (secondary N) is 1. The van der Waals surface area contributed by atoms with Gasteiger partial charge in [-0.2, -0.15) is 0 Å². The predicted octanol–water partition coefficient (Wildman–Crippen LogP) is 4.13. The molecule has 1 atom stereocenters. The quantitative estimate of drug-likeness (QED) is 0.813. The number of anilines is 1. The molecule has 1 aromatic heterocycles. The van der Waals surface area contributed by atoms with Crippen LogP contribution in [-0.4, -0.2) is 16.0 Å². The molecule has 3 nitrogen and oxygen atoms in total. The lowest BCUT2D eigenvalue weighted by Gasteiger charge is -2.17. The molecule has 1 heterocycles. The van der Waals surface area contributed by atoms with Crippen LogP contribution in [0.4, 0.5) is 5.82 Å². The van der Waals surface area contributed by atoms with Gasteiger partial charge in [0.1, 0.15) is 17.3 Å². The molecule has 0 aliphatic heterocycles. The highest BCUT2D eigenvalue weighted by molar-refractivity contribution is 6.30. The van der Waals surface area contributed by atoms with Gasteiger partial charge in [0.05, 0.1) is 0 Å². The molecule has 0 radical (unpaired) electrons. The molecule has 2 rings (SSSR count). The smallest absolute Gasteiger partial charge is 0.137 e. The van der Waals surface area contributed by atoms with Gasteiger partial charge in [-0.25, -0.2) is 9.97 Å². The van der Waals surface area contributed by atoms with E-state index in [1.54, 1.807) is 0 Å². The third-order valence-corrected chi connectivity index (χ3v) is 3.66. The van der Waals surface area contributed by atoms with Gasteiger partial charge < -0.3 is 5.32 Å². The van der Waals surface area contributed by atoms with Crippen molar-refractivity contribution in [1.29, 1.82) is 0 Å². The Morgan fingerprint density at radius 3 is 2.65 bits per heavy atom. The second-order valence-corrected chi connectivity index (χ2v) is 5.27. The first-order chi connectivity index (χ1) is 9.70. The van der Waals surface area contributed by atoms with Crippen LogP contribution in [0.25, 0.3) is 0 Å². The van der Waals surface area contributed by atoms with Crippen LogP contribution in [0.15, 0.2) is 36.7 Å². The fraction of sp³-hybridized carbons (Fsp3) is 0.375. The number of aromatic nitrogens is 2. The van der Waals surface area contributed by atoms with Crippen molar-refractivity contribution in [2.24, 2.45) is 0 Å². The van der Waals surface area contributed by atoms with E-state index in [1.807, 2.05) is 6.07 Å². The standard InChI is InChI=1S/C16H20ClN3/c1-3-14-15(17)18-11-19-16(14)20-12(2)9-10-13-7-5-4-6-8-13/h4-8,11-12H,3,9-10H2,1-2H3,(H,18,19,20). The number of rotatable bonds is 6. The predicted molar refractivity (Wildman–Crippen MR) is 84.3 cm³/mol. The van der Waals surface area contributed by atoms with Gasteiger partial charge >= 0.3 is 0 Å². The second-order valence-electron chi connectivity index (χ2n) is 4.91. The van der Waals surface area contributed by atoms with Gasteiger partial charge in [0.25, 0.3) is 0 Å². The molecule has 0 amide bonds. The number of aryl methyl sites for hydroxylation is 1. The lowest BCUT2D eigenvalue weighted by molar-refractivity contribution is 0.700.